The van der Waals surface area contributed by atoms with Crippen LogP contribution in [0.4, 0.5) is 5.69 Å². The van der Waals surface area contributed by atoms with Crippen LogP contribution in [0.25, 0.3) is 0 Å². The zero-order chi connectivity index (χ0) is 10.7. The maximum Gasteiger partial charge on any atom is 0.0374 e. The van der Waals surface area contributed by atoms with Crippen LogP contribution in [0.5, 0.6) is 0 Å². The zero-order valence-corrected chi connectivity index (χ0v) is 12.1. The van der Waals surface area contributed by atoms with Crippen molar-refractivity contribution in [1.82, 2.24) is 5.32 Å². The van der Waals surface area contributed by atoms with E-state index in [9.17, 15) is 0 Å². The van der Waals surface area contributed by atoms with Crippen molar-refractivity contribution in [2.75, 3.05) is 18.4 Å². The van der Waals surface area contributed by atoms with E-state index < -0.39 is 0 Å². The van der Waals surface area contributed by atoms with Crippen molar-refractivity contribution in [3.63, 3.8) is 0 Å². The third-order valence-corrected chi connectivity index (χ3v) is 3.30. The molecule has 2 N–H and O–H groups in total. The Bertz CT molecular complexity index is 336. The SMILES string of the molecule is Cc1cccc(NC2CCNCC2)c1C.Cl.Cl. The van der Waals surface area contributed by atoms with E-state index in [1.807, 2.05) is 0 Å². The molecule has 0 amide bonds. The van der Waals surface area contributed by atoms with Gasteiger partial charge in [-0.05, 0) is 57.0 Å². The second-order valence-corrected chi connectivity index (χ2v) is 4.42. The molecule has 1 saturated heterocycles. The summed E-state index contributed by atoms with van der Waals surface area (Å²) < 4.78 is 0. The molecule has 0 atom stereocenters. The van der Waals surface area contributed by atoms with Gasteiger partial charge in [-0.3, -0.25) is 0 Å². The Kier molecular flexibility index (Phi) is 7.60. The zero-order valence-electron chi connectivity index (χ0n) is 10.5. The normalized spacial score (nSPS) is 15.6. The van der Waals surface area contributed by atoms with Crippen molar-refractivity contribution in [3.8, 4) is 0 Å². The van der Waals surface area contributed by atoms with Crippen molar-refractivity contribution >= 4 is 30.5 Å². The molecule has 0 aromatic heterocycles. The molecule has 1 aromatic carbocycles. The summed E-state index contributed by atoms with van der Waals surface area (Å²) in [6.45, 7) is 6.65. The molecule has 1 aliphatic heterocycles. The maximum atomic E-state index is 3.65. The minimum Gasteiger partial charge on any atom is -0.382 e. The van der Waals surface area contributed by atoms with E-state index in [-0.39, 0.29) is 24.8 Å². The van der Waals surface area contributed by atoms with Crippen LogP contribution in [0.1, 0.15) is 24.0 Å². The van der Waals surface area contributed by atoms with Gasteiger partial charge in [-0.1, -0.05) is 12.1 Å². The summed E-state index contributed by atoms with van der Waals surface area (Å²) in [7, 11) is 0. The van der Waals surface area contributed by atoms with Crippen LogP contribution < -0.4 is 10.6 Å². The minimum atomic E-state index is 0. The van der Waals surface area contributed by atoms with Gasteiger partial charge in [0, 0.05) is 11.7 Å². The summed E-state index contributed by atoms with van der Waals surface area (Å²) in [6.07, 6.45) is 2.46. The van der Waals surface area contributed by atoms with Gasteiger partial charge in [-0.25, -0.2) is 0 Å². The molecule has 1 heterocycles. The third-order valence-electron chi connectivity index (χ3n) is 3.30. The number of hydrogen-bond donors (Lipinski definition) is 2. The average Bonchev–Trinajstić information content (AvgIpc) is 2.26. The van der Waals surface area contributed by atoms with Gasteiger partial charge in [0.2, 0.25) is 0 Å². The molecule has 0 bridgehead atoms. The fraction of sp³-hybridized carbons (Fsp3) is 0.538. The van der Waals surface area contributed by atoms with Crippen LogP contribution >= 0.6 is 24.8 Å². The number of piperidine rings is 1. The van der Waals surface area contributed by atoms with Gasteiger partial charge in [-0.2, -0.15) is 0 Å². The second kappa shape index (κ2) is 7.80. The Balaban J connectivity index is 0.00000128. The van der Waals surface area contributed by atoms with Gasteiger partial charge >= 0.3 is 0 Å². The number of halogens is 2. The fourth-order valence-electron chi connectivity index (χ4n) is 2.09. The first-order valence-electron chi connectivity index (χ1n) is 5.81. The monoisotopic (exact) mass is 276 g/mol. The van der Waals surface area contributed by atoms with Crippen molar-refractivity contribution in [3.05, 3.63) is 29.3 Å². The van der Waals surface area contributed by atoms with E-state index in [0.717, 1.165) is 13.1 Å². The number of aryl methyl sites for hydroxylation is 1. The van der Waals surface area contributed by atoms with E-state index in [1.54, 1.807) is 0 Å². The van der Waals surface area contributed by atoms with E-state index in [4.69, 9.17) is 0 Å². The highest BCUT2D eigenvalue weighted by atomic mass is 35.5. The van der Waals surface area contributed by atoms with E-state index in [2.05, 4.69) is 42.7 Å². The molecular formula is C13H22Cl2N2. The number of benzene rings is 1. The summed E-state index contributed by atoms with van der Waals surface area (Å²) in [5.41, 5.74) is 4.06. The standard InChI is InChI=1S/C13H20N2.2ClH/c1-10-4-3-5-13(11(10)2)15-12-6-8-14-9-7-12;;/h3-5,12,14-15H,6-9H2,1-2H3;2*1H. The molecule has 0 aliphatic carbocycles. The van der Waals surface area contributed by atoms with Crippen LogP contribution in [0, 0.1) is 13.8 Å². The largest absolute Gasteiger partial charge is 0.382 e. The first-order chi connectivity index (χ1) is 7.27. The number of rotatable bonds is 2. The van der Waals surface area contributed by atoms with Crippen LogP contribution in [-0.2, 0) is 0 Å². The van der Waals surface area contributed by atoms with Crippen LogP contribution in [0.3, 0.4) is 0 Å². The molecule has 0 radical (unpaired) electrons. The lowest BCUT2D eigenvalue weighted by atomic mass is 10.0. The average molecular weight is 277 g/mol. The molecule has 1 aliphatic rings. The van der Waals surface area contributed by atoms with Crippen LogP contribution in [0.2, 0.25) is 0 Å². The molecule has 2 rings (SSSR count). The molecule has 4 heteroatoms. The Labute approximate surface area is 116 Å². The number of hydrogen-bond acceptors (Lipinski definition) is 2. The molecule has 1 fully saturated rings. The van der Waals surface area contributed by atoms with Gasteiger partial charge in [0.15, 0.2) is 0 Å². The number of nitrogens with one attached hydrogen (secondary N) is 2. The third kappa shape index (κ3) is 4.38. The molecular weight excluding hydrogens is 255 g/mol. The molecule has 98 valence electrons. The molecule has 0 spiro atoms. The minimum absolute atomic E-state index is 0. The highest BCUT2D eigenvalue weighted by molar-refractivity contribution is 5.85. The summed E-state index contributed by atoms with van der Waals surface area (Å²) in [5, 5.41) is 7.04. The Hall–Kier alpha value is -0.440. The molecule has 0 unspecified atom stereocenters. The van der Waals surface area contributed by atoms with Gasteiger partial charge in [0.25, 0.3) is 0 Å². The quantitative estimate of drug-likeness (QED) is 0.866. The van der Waals surface area contributed by atoms with Crippen molar-refractivity contribution in [2.24, 2.45) is 0 Å². The second-order valence-electron chi connectivity index (χ2n) is 4.42. The van der Waals surface area contributed by atoms with Crippen LogP contribution in [-0.4, -0.2) is 19.1 Å². The predicted octanol–water partition coefficient (Wildman–Crippen LogP) is 3.31. The molecule has 0 saturated carbocycles. The van der Waals surface area contributed by atoms with Gasteiger partial charge in [0.1, 0.15) is 0 Å². The fourth-order valence-corrected chi connectivity index (χ4v) is 2.09. The number of anilines is 1. The van der Waals surface area contributed by atoms with Gasteiger partial charge < -0.3 is 10.6 Å². The van der Waals surface area contributed by atoms with E-state index in [0.29, 0.717) is 6.04 Å². The van der Waals surface area contributed by atoms with Gasteiger partial charge in [-0.15, -0.1) is 24.8 Å². The molecule has 2 nitrogen and oxygen atoms in total. The Morgan fingerprint density at radius 3 is 2.41 bits per heavy atom. The summed E-state index contributed by atoms with van der Waals surface area (Å²) in [6, 6.07) is 7.13. The van der Waals surface area contributed by atoms with E-state index in [1.165, 1.54) is 29.7 Å². The summed E-state index contributed by atoms with van der Waals surface area (Å²) in [5.74, 6) is 0. The summed E-state index contributed by atoms with van der Waals surface area (Å²) >= 11 is 0. The molecule has 17 heavy (non-hydrogen) atoms. The first kappa shape index (κ1) is 16.6. The topological polar surface area (TPSA) is 24.1 Å². The smallest absolute Gasteiger partial charge is 0.0374 e. The Morgan fingerprint density at radius 2 is 1.76 bits per heavy atom. The highest BCUT2D eigenvalue weighted by Crippen LogP contribution is 2.20. The highest BCUT2D eigenvalue weighted by Gasteiger charge is 2.13. The van der Waals surface area contributed by atoms with Crippen LogP contribution in [0.15, 0.2) is 18.2 Å². The first-order valence-corrected chi connectivity index (χ1v) is 5.81. The lowest BCUT2D eigenvalue weighted by molar-refractivity contribution is 0.479. The lowest BCUT2D eigenvalue weighted by Gasteiger charge is -2.25. The predicted molar refractivity (Wildman–Crippen MR) is 79.9 cm³/mol. The van der Waals surface area contributed by atoms with E-state index >= 15 is 0 Å². The molecule has 1 aromatic rings. The lowest BCUT2D eigenvalue weighted by Crippen LogP contribution is -2.35. The summed E-state index contributed by atoms with van der Waals surface area (Å²) in [4.78, 5) is 0. The maximum absolute atomic E-state index is 3.65. The van der Waals surface area contributed by atoms with Crippen molar-refractivity contribution in [2.45, 2.75) is 32.7 Å². The Morgan fingerprint density at radius 1 is 1.12 bits per heavy atom. The van der Waals surface area contributed by atoms with Gasteiger partial charge in [0.05, 0.1) is 0 Å². The van der Waals surface area contributed by atoms with Crippen molar-refractivity contribution in [1.29, 1.82) is 0 Å². The van der Waals surface area contributed by atoms with Crippen molar-refractivity contribution < 1.29 is 0 Å².